The minimum atomic E-state index is -0.468. The van der Waals surface area contributed by atoms with Gasteiger partial charge in [-0.3, -0.25) is 9.78 Å². The Hall–Kier alpha value is -2.73. The van der Waals surface area contributed by atoms with Gasteiger partial charge in [-0.1, -0.05) is 18.2 Å². The van der Waals surface area contributed by atoms with Gasteiger partial charge in [0.05, 0.1) is 23.9 Å². The van der Waals surface area contributed by atoms with E-state index in [1.54, 1.807) is 23.7 Å². The molecule has 0 fully saturated rings. The summed E-state index contributed by atoms with van der Waals surface area (Å²) in [7, 11) is 1.31. The molecule has 0 spiro atoms. The molecule has 22 heavy (non-hydrogen) atoms. The minimum Gasteiger partial charge on any atom is -0.465 e. The summed E-state index contributed by atoms with van der Waals surface area (Å²) < 4.78 is 4.70. The molecule has 1 aromatic carbocycles. The van der Waals surface area contributed by atoms with Crippen LogP contribution in [0.5, 0.6) is 0 Å². The molecule has 0 saturated heterocycles. The van der Waals surface area contributed by atoms with E-state index in [1.165, 1.54) is 18.4 Å². The fourth-order valence-electron chi connectivity index (χ4n) is 2.14. The average Bonchev–Trinajstić information content (AvgIpc) is 3.01. The first kappa shape index (κ1) is 14.2. The van der Waals surface area contributed by atoms with Crippen molar-refractivity contribution in [1.29, 1.82) is 0 Å². The zero-order valence-electron chi connectivity index (χ0n) is 11.7. The number of hydrogen-bond donors (Lipinski definition) is 1. The molecule has 6 heteroatoms. The van der Waals surface area contributed by atoms with Gasteiger partial charge >= 0.3 is 5.97 Å². The second-order valence-corrected chi connectivity index (χ2v) is 5.40. The van der Waals surface area contributed by atoms with E-state index in [0.717, 1.165) is 10.9 Å². The lowest BCUT2D eigenvalue weighted by atomic mass is 10.1. The normalized spacial score (nSPS) is 10.4. The number of fused-ring (bicyclic) bond motifs is 1. The summed E-state index contributed by atoms with van der Waals surface area (Å²) in [5.74, 6) is -0.757. The molecule has 0 aliphatic rings. The largest absolute Gasteiger partial charge is 0.465 e. The molecule has 3 rings (SSSR count). The number of thiophene rings is 1. The van der Waals surface area contributed by atoms with Crippen molar-refractivity contribution in [1.82, 2.24) is 4.98 Å². The summed E-state index contributed by atoms with van der Waals surface area (Å²) in [5, 5.41) is 5.25. The predicted octanol–water partition coefficient (Wildman–Crippen LogP) is 3.34. The number of nitrogens with one attached hydrogen (secondary N) is 1. The molecule has 1 N–H and O–H groups in total. The number of anilines is 1. The van der Waals surface area contributed by atoms with Crippen molar-refractivity contribution in [3.63, 3.8) is 0 Å². The summed E-state index contributed by atoms with van der Waals surface area (Å²) in [6.07, 6.45) is 1.59. The van der Waals surface area contributed by atoms with Gasteiger partial charge in [-0.05, 0) is 23.6 Å². The lowest BCUT2D eigenvalue weighted by Gasteiger charge is -2.07. The quantitative estimate of drug-likeness (QED) is 0.753. The highest BCUT2D eigenvalue weighted by molar-refractivity contribution is 7.12. The zero-order chi connectivity index (χ0) is 15.5. The van der Waals surface area contributed by atoms with Gasteiger partial charge in [-0.25, -0.2) is 4.79 Å². The van der Waals surface area contributed by atoms with Crippen molar-refractivity contribution in [3.8, 4) is 0 Å². The Morgan fingerprint density at radius 1 is 1.18 bits per heavy atom. The van der Waals surface area contributed by atoms with E-state index in [1.807, 2.05) is 24.3 Å². The number of hydrogen-bond acceptors (Lipinski definition) is 5. The van der Waals surface area contributed by atoms with E-state index < -0.39 is 5.97 Å². The highest BCUT2D eigenvalue weighted by atomic mass is 32.1. The van der Waals surface area contributed by atoms with E-state index in [4.69, 9.17) is 4.74 Å². The van der Waals surface area contributed by atoms with Gasteiger partial charge < -0.3 is 10.1 Å². The van der Waals surface area contributed by atoms with E-state index in [-0.39, 0.29) is 5.91 Å². The summed E-state index contributed by atoms with van der Waals surface area (Å²) in [4.78, 5) is 28.8. The van der Waals surface area contributed by atoms with Crippen LogP contribution < -0.4 is 5.32 Å². The second kappa shape index (κ2) is 5.95. The van der Waals surface area contributed by atoms with Gasteiger partial charge in [0.15, 0.2) is 0 Å². The van der Waals surface area contributed by atoms with Crippen molar-refractivity contribution in [3.05, 3.63) is 58.4 Å². The number of para-hydroxylation sites is 1. The summed E-state index contributed by atoms with van der Waals surface area (Å²) in [6.45, 7) is 0. The van der Waals surface area contributed by atoms with Crippen LogP contribution in [0.4, 0.5) is 5.69 Å². The molecule has 0 unspecified atom stereocenters. The van der Waals surface area contributed by atoms with Gasteiger partial charge in [-0.15, -0.1) is 11.3 Å². The van der Waals surface area contributed by atoms with Crippen LogP contribution in [0.1, 0.15) is 20.0 Å². The Balaban J connectivity index is 1.95. The van der Waals surface area contributed by atoms with Crippen LogP contribution in [-0.4, -0.2) is 24.0 Å². The molecule has 0 aliphatic heterocycles. The van der Waals surface area contributed by atoms with E-state index in [2.05, 4.69) is 10.3 Å². The SMILES string of the molecule is COC(=O)c1sccc1NC(=O)c1ccnc2ccccc12. The Bertz CT molecular complexity index is 852. The zero-order valence-corrected chi connectivity index (χ0v) is 12.5. The molecular weight excluding hydrogens is 300 g/mol. The average molecular weight is 312 g/mol. The maximum atomic E-state index is 12.5. The van der Waals surface area contributed by atoms with E-state index in [9.17, 15) is 9.59 Å². The molecule has 0 bridgehead atoms. The molecule has 0 aliphatic carbocycles. The Morgan fingerprint density at radius 3 is 2.82 bits per heavy atom. The standard InChI is InChI=1S/C16H12N2O3S/c1-21-16(20)14-13(7-9-22-14)18-15(19)11-6-8-17-12-5-3-2-4-10(11)12/h2-9H,1H3,(H,18,19). The number of nitrogens with zero attached hydrogens (tertiary/aromatic N) is 1. The van der Waals surface area contributed by atoms with Gasteiger partial charge in [0.1, 0.15) is 4.88 Å². The Labute approximate surface area is 130 Å². The third-order valence-corrected chi connectivity index (χ3v) is 4.07. The maximum Gasteiger partial charge on any atom is 0.350 e. The van der Waals surface area contributed by atoms with Crippen molar-refractivity contribution in [2.45, 2.75) is 0 Å². The van der Waals surface area contributed by atoms with E-state index in [0.29, 0.717) is 16.1 Å². The number of amides is 1. The third-order valence-electron chi connectivity index (χ3n) is 3.18. The van der Waals surface area contributed by atoms with E-state index >= 15 is 0 Å². The molecule has 110 valence electrons. The fourth-order valence-corrected chi connectivity index (χ4v) is 2.91. The third kappa shape index (κ3) is 2.56. The highest BCUT2D eigenvalue weighted by Gasteiger charge is 2.17. The number of esters is 1. The number of pyridine rings is 1. The number of ether oxygens (including phenoxy) is 1. The molecule has 0 atom stereocenters. The lowest BCUT2D eigenvalue weighted by Crippen LogP contribution is -2.14. The van der Waals surface area contributed by atoms with Crippen LogP contribution in [0, 0.1) is 0 Å². The first-order valence-electron chi connectivity index (χ1n) is 6.51. The van der Waals surface area contributed by atoms with Crippen LogP contribution in [0.3, 0.4) is 0 Å². The number of methoxy groups -OCH3 is 1. The lowest BCUT2D eigenvalue weighted by molar-refractivity contribution is 0.0607. The minimum absolute atomic E-state index is 0.290. The molecule has 3 aromatic rings. The molecule has 5 nitrogen and oxygen atoms in total. The van der Waals surface area contributed by atoms with Crippen LogP contribution in [-0.2, 0) is 4.74 Å². The monoisotopic (exact) mass is 312 g/mol. The highest BCUT2D eigenvalue weighted by Crippen LogP contribution is 2.25. The maximum absolute atomic E-state index is 12.5. The Kier molecular flexibility index (Phi) is 3.84. The van der Waals surface area contributed by atoms with Crippen molar-refractivity contribution in [2.75, 3.05) is 12.4 Å². The molecule has 0 radical (unpaired) electrons. The van der Waals surface area contributed by atoms with Crippen LogP contribution >= 0.6 is 11.3 Å². The first-order chi connectivity index (χ1) is 10.7. The van der Waals surface area contributed by atoms with Crippen molar-refractivity contribution in [2.24, 2.45) is 0 Å². The molecule has 1 amide bonds. The fraction of sp³-hybridized carbons (Fsp3) is 0.0625. The van der Waals surface area contributed by atoms with Crippen LogP contribution in [0.2, 0.25) is 0 Å². The second-order valence-electron chi connectivity index (χ2n) is 4.48. The molecule has 2 aromatic heterocycles. The van der Waals surface area contributed by atoms with Crippen molar-refractivity contribution < 1.29 is 14.3 Å². The number of carbonyl (C=O) groups excluding carboxylic acids is 2. The summed E-state index contributed by atoms with van der Waals surface area (Å²) in [5.41, 5.74) is 1.70. The summed E-state index contributed by atoms with van der Waals surface area (Å²) >= 11 is 1.22. The molecule has 2 heterocycles. The van der Waals surface area contributed by atoms with Gasteiger partial charge in [0, 0.05) is 11.6 Å². The van der Waals surface area contributed by atoms with Gasteiger partial charge in [0.2, 0.25) is 0 Å². The number of aromatic nitrogens is 1. The van der Waals surface area contributed by atoms with Gasteiger partial charge in [0.25, 0.3) is 5.91 Å². The van der Waals surface area contributed by atoms with Crippen LogP contribution in [0.25, 0.3) is 10.9 Å². The smallest absolute Gasteiger partial charge is 0.350 e. The summed E-state index contributed by atoms with van der Waals surface area (Å²) in [6, 6.07) is 10.7. The first-order valence-corrected chi connectivity index (χ1v) is 7.39. The number of rotatable bonds is 3. The van der Waals surface area contributed by atoms with Crippen LogP contribution in [0.15, 0.2) is 48.0 Å². The molecular formula is C16H12N2O3S. The van der Waals surface area contributed by atoms with Crippen molar-refractivity contribution >= 4 is 39.8 Å². The molecule has 0 saturated carbocycles. The number of benzene rings is 1. The van der Waals surface area contributed by atoms with Gasteiger partial charge in [-0.2, -0.15) is 0 Å². The predicted molar refractivity (Wildman–Crippen MR) is 85.4 cm³/mol. The Morgan fingerprint density at radius 2 is 2.00 bits per heavy atom. The number of carbonyl (C=O) groups is 2. The topological polar surface area (TPSA) is 68.3 Å².